The predicted octanol–water partition coefficient (Wildman–Crippen LogP) is 2.32. The van der Waals surface area contributed by atoms with Gasteiger partial charge in [0.25, 0.3) is 0 Å². The van der Waals surface area contributed by atoms with E-state index in [1.807, 2.05) is 13.8 Å². The van der Waals surface area contributed by atoms with Crippen molar-refractivity contribution >= 4 is 0 Å². The Kier molecular flexibility index (Phi) is 2.66. The van der Waals surface area contributed by atoms with Crippen LogP contribution in [0.3, 0.4) is 0 Å². The lowest BCUT2D eigenvalue weighted by Crippen LogP contribution is -1.90. The highest BCUT2D eigenvalue weighted by atomic mass is 16.3. The van der Waals surface area contributed by atoms with Gasteiger partial charge in [-0.25, -0.2) is 0 Å². The van der Waals surface area contributed by atoms with E-state index in [1.54, 1.807) is 0 Å². The van der Waals surface area contributed by atoms with Crippen LogP contribution in [0.15, 0.2) is 12.1 Å². The summed E-state index contributed by atoms with van der Waals surface area (Å²) in [6.45, 7) is 4.01. The monoisotopic (exact) mass is 182 g/mol. The Bertz CT molecular complexity index is 284. The van der Waals surface area contributed by atoms with Gasteiger partial charge in [-0.1, -0.05) is 13.8 Å². The molecule has 0 aromatic heterocycles. The third-order valence-electron chi connectivity index (χ3n) is 2.27. The fourth-order valence-corrected chi connectivity index (χ4v) is 1.15. The average Bonchev–Trinajstić information content (AvgIpc) is 2.12. The SMILES string of the molecule is CCC(C)c1cc(O)c(O)c(O)c1. The highest BCUT2D eigenvalue weighted by Gasteiger charge is 2.11. The van der Waals surface area contributed by atoms with Crippen LogP contribution in [0.5, 0.6) is 17.2 Å². The van der Waals surface area contributed by atoms with Crippen molar-refractivity contribution < 1.29 is 15.3 Å². The van der Waals surface area contributed by atoms with Crippen molar-refractivity contribution in [2.24, 2.45) is 0 Å². The molecule has 0 spiro atoms. The van der Waals surface area contributed by atoms with Gasteiger partial charge >= 0.3 is 0 Å². The van der Waals surface area contributed by atoms with Crippen molar-refractivity contribution in [3.8, 4) is 17.2 Å². The fraction of sp³-hybridized carbons (Fsp3) is 0.400. The smallest absolute Gasteiger partial charge is 0.200 e. The van der Waals surface area contributed by atoms with Crippen molar-refractivity contribution in [1.29, 1.82) is 0 Å². The van der Waals surface area contributed by atoms with Gasteiger partial charge < -0.3 is 15.3 Å². The molecule has 0 aliphatic carbocycles. The quantitative estimate of drug-likeness (QED) is 0.615. The molecule has 1 atom stereocenters. The second-order valence-electron chi connectivity index (χ2n) is 3.22. The number of benzene rings is 1. The molecular formula is C10H14O3. The van der Waals surface area contributed by atoms with Crippen molar-refractivity contribution in [2.75, 3.05) is 0 Å². The number of rotatable bonds is 2. The summed E-state index contributed by atoms with van der Waals surface area (Å²) in [7, 11) is 0. The largest absolute Gasteiger partial charge is 0.504 e. The summed E-state index contributed by atoms with van der Waals surface area (Å²) in [5, 5.41) is 27.5. The van der Waals surface area contributed by atoms with Gasteiger partial charge in [-0.15, -0.1) is 0 Å². The van der Waals surface area contributed by atoms with E-state index in [1.165, 1.54) is 12.1 Å². The summed E-state index contributed by atoms with van der Waals surface area (Å²) < 4.78 is 0. The zero-order valence-electron chi connectivity index (χ0n) is 7.78. The molecule has 0 aliphatic heterocycles. The Hall–Kier alpha value is -1.38. The van der Waals surface area contributed by atoms with Gasteiger partial charge in [0.1, 0.15) is 0 Å². The molecule has 0 aliphatic rings. The van der Waals surface area contributed by atoms with E-state index in [9.17, 15) is 10.2 Å². The van der Waals surface area contributed by atoms with Crippen LogP contribution in [-0.2, 0) is 0 Å². The molecule has 0 saturated carbocycles. The van der Waals surface area contributed by atoms with Gasteiger partial charge in [-0.05, 0) is 30.0 Å². The van der Waals surface area contributed by atoms with Gasteiger partial charge in [-0.3, -0.25) is 0 Å². The van der Waals surface area contributed by atoms with Crippen LogP contribution in [-0.4, -0.2) is 15.3 Å². The van der Waals surface area contributed by atoms with E-state index in [4.69, 9.17) is 5.11 Å². The van der Waals surface area contributed by atoms with Crippen LogP contribution >= 0.6 is 0 Å². The molecule has 3 N–H and O–H groups in total. The Balaban J connectivity index is 3.13. The Morgan fingerprint density at radius 3 is 2.00 bits per heavy atom. The second kappa shape index (κ2) is 3.56. The van der Waals surface area contributed by atoms with E-state index >= 15 is 0 Å². The fourth-order valence-electron chi connectivity index (χ4n) is 1.15. The first kappa shape index (κ1) is 9.71. The third-order valence-corrected chi connectivity index (χ3v) is 2.27. The van der Waals surface area contributed by atoms with Crippen molar-refractivity contribution in [3.05, 3.63) is 17.7 Å². The van der Waals surface area contributed by atoms with Crippen LogP contribution in [0.25, 0.3) is 0 Å². The lowest BCUT2D eigenvalue weighted by atomic mass is 9.98. The van der Waals surface area contributed by atoms with E-state index in [-0.39, 0.29) is 17.4 Å². The standard InChI is InChI=1S/C10H14O3/c1-3-6(2)7-4-8(11)10(13)9(12)5-7/h4-6,11-13H,3H2,1-2H3. The Labute approximate surface area is 77.3 Å². The average molecular weight is 182 g/mol. The molecule has 13 heavy (non-hydrogen) atoms. The number of hydrogen-bond acceptors (Lipinski definition) is 3. The third kappa shape index (κ3) is 1.86. The Morgan fingerprint density at radius 1 is 1.15 bits per heavy atom. The van der Waals surface area contributed by atoms with Crippen molar-refractivity contribution in [2.45, 2.75) is 26.2 Å². The summed E-state index contributed by atoms with van der Waals surface area (Å²) in [5.74, 6) is -0.727. The summed E-state index contributed by atoms with van der Waals surface area (Å²) in [6.07, 6.45) is 0.920. The molecule has 1 unspecified atom stereocenters. The van der Waals surface area contributed by atoms with Crippen molar-refractivity contribution in [3.63, 3.8) is 0 Å². The summed E-state index contributed by atoms with van der Waals surface area (Å²) in [4.78, 5) is 0. The molecule has 0 amide bonds. The van der Waals surface area contributed by atoms with Crippen LogP contribution in [0.1, 0.15) is 31.7 Å². The molecule has 72 valence electrons. The van der Waals surface area contributed by atoms with E-state index in [0.717, 1.165) is 12.0 Å². The van der Waals surface area contributed by atoms with Gasteiger partial charge in [0.15, 0.2) is 17.2 Å². The molecule has 0 bridgehead atoms. The van der Waals surface area contributed by atoms with E-state index < -0.39 is 5.75 Å². The van der Waals surface area contributed by atoms with Gasteiger partial charge in [0.05, 0.1) is 0 Å². The summed E-state index contributed by atoms with van der Waals surface area (Å²) in [5.41, 5.74) is 0.829. The van der Waals surface area contributed by atoms with Crippen LogP contribution in [0.4, 0.5) is 0 Å². The summed E-state index contributed by atoms with van der Waals surface area (Å²) >= 11 is 0. The van der Waals surface area contributed by atoms with Gasteiger partial charge in [0.2, 0.25) is 0 Å². The van der Waals surface area contributed by atoms with Crippen LogP contribution in [0.2, 0.25) is 0 Å². The minimum atomic E-state index is -0.452. The normalized spacial score (nSPS) is 12.8. The first-order chi connectivity index (χ1) is 6.06. The minimum Gasteiger partial charge on any atom is -0.504 e. The first-order valence-corrected chi connectivity index (χ1v) is 4.31. The van der Waals surface area contributed by atoms with Gasteiger partial charge in [-0.2, -0.15) is 0 Å². The molecule has 0 heterocycles. The van der Waals surface area contributed by atoms with Crippen LogP contribution in [0, 0.1) is 0 Å². The maximum atomic E-state index is 9.22. The second-order valence-corrected chi connectivity index (χ2v) is 3.22. The lowest BCUT2D eigenvalue weighted by Gasteiger charge is -2.10. The number of phenols is 3. The lowest BCUT2D eigenvalue weighted by molar-refractivity contribution is 0.366. The molecule has 0 radical (unpaired) electrons. The highest BCUT2D eigenvalue weighted by molar-refractivity contribution is 5.51. The first-order valence-electron chi connectivity index (χ1n) is 4.31. The molecule has 0 fully saturated rings. The molecule has 1 aromatic carbocycles. The predicted molar refractivity (Wildman–Crippen MR) is 50.1 cm³/mol. The van der Waals surface area contributed by atoms with Crippen LogP contribution < -0.4 is 0 Å². The molecule has 1 rings (SSSR count). The topological polar surface area (TPSA) is 60.7 Å². The molecule has 3 nitrogen and oxygen atoms in total. The highest BCUT2D eigenvalue weighted by Crippen LogP contribution is 2.37. The molecule has 3 heteroatoms. The zero-order valence-corrected chi connectivity index (χ0v) is 7.78. The minimum absolute atomic E-state index is 0.261. The summed E-state index contributed by atoms with van der Waals surface area (Å²) in [6, 6.07) is 2.95. The van der Waals surface area contributed by atoms with Crippen molar-refractivity contribution in [1.82, 2.24) is 0 Å². The maximum absolute atomic E-state index is 9.22. The Morgan fingerprint density at radius 2 is 1.62 bits per heavy atom. The molecular weight excluding hydrogens is 168 g/mol. The molecule has 1 aromatic rings. The number of aromatic hydroxyl groups is 3. The maximum Gasteiger partial charge on any atom is 0.200 e. The van der Waals surface area contributed by atoms with E-state index in [2.05, 4.69) is 0 Å². The number of phenolic OH excluding ortho intramolecular Hbond substituents is 3. The zero-order chi connectivity index (χ0) is 10.0. The molecule has 0 saturated heterocycles. The number of hydrogen-bond donors (Lipinski definition) is 3. The van der Waals surface area contributed by atoms with Gasteiger partial charge in [0, 0.05) is 0 Å². The van der Waals surface area contributed by atoms with E-state index in [0.29, 0.717) is 0 Å².